The van der Waals surface area contributed by atoms with Crippen LogP contribution in [0.5, 0.6) is 0 Å². The normalized spacial score (nSPS) is 30.9. The summed E-state index contributed by atoms with van der Waals surface area (Å²) in [6.45, 7) is 22.3. The fourth-order valence-corrected chi connectivity index (χ4v) is 8.01. The summed E-state index contributed by atoms with van der Waals surface area (Å²) < 4.78 is 23.9. The molecule has 0 saturated carbocycles. The van der Waals surface area contributed by atoms with E-state index < -0.39 is 33.6 Å². The van der Waals surface area contributed by atoms with E-state index in [0.717, 1.165) is 42.6 Å². The summed E-state index contributed by atoms with van der Waals surface area (Å²) in [4.78, 5) is 0. The van der Waals surface area contributed by atoms with Crippen LogP contribution < -0.4 is 0 Å². The van der Waals surface area contributed by atoms with Gasteiger partial charge in [-0.05, 0) is 44.2 Å². The van der Waals surface area contributed by atoms with E-state index >= 15 is 0 Å². The monoisotopic (exact) mass is 640 g/mol. The van der Waals surface area contributed by atoms with Gasteiger partial charge in [0.1, 0.15) is 23.4 Å². The molecule has 3 aliphatic rings. The minimum atomic E-state index is -1.12. The van der Waals surface area contributed by atoms with E-state index in [1.165, 1.54) is 5.56 Å². The molecular formula is C39H60O7. The van der Waals surface area contributed by atoms with Crippen LogP contribution in [0.1, 0.15) is 109 Å². The fraction of sp³-hybridized carbons (Fsp3) is 0.692. The first-order valence-corrected chi connectivity index (χ1v) is 17.0. The molecule has 5 unspecified atom stereocenters. The zero-order chi connectivity index (χ0) is 34.2. The minimum Gasteiger partial charge on any atom is -0.396 e. The molecule has 7 heteroatoms. The maximum absolute atomic E-state index is 12.0. The molecule has 3 fully saturated rings. The van der Waals surface area contributed by atoms with Crippen LogP contribution in [0.3, 0.4) is 0 Å². The molecule has 0 bridgehead atoms. The first-order valence-electron chi connectivity index (χ1n) is 17.0. The minimum absolute atomic E-state index is 0.0847. The Labute approximate surface area is 277 Å². The van der Waals surface area contributed by atoms with E-state index in [9.17, 15) is 15.3 Å². The van der Waals surface area contributed by atoms with E-state index in [1.54, 1.807) is 0 Å². The van der Waals surface area contributed by atoms with E-state index in [2.05, 4.69) is 46.8 Å². The maximum Gasteiger partial charge on any atom is 0.157 e. The van der Waals surface area contributed by atoms with Gasteiger partial charge < -0.3 is 34.3 Å². The molecule has 2 aromatic carbocycles. The number of hydrogen-bond acceptors (Lipinski definition) is 7. The molecular weight excluding hydrogens is 580 g/mol. The lowest BCUT2D eigenvalue weighted by atomic mass is 9.59. The van der Waals surface area contributed by atoms with E-state index in [0.29, 0.717) is 19.8 Å². The van der Waals surface area contributed by atoms with E-state index in [-0.39, 0.29) is 24.4 Å². The molecule has 0 aliphatic carbocycles. The van der Waals surface area contributed by atoms with Crippen molar-refractivity contribution >= 4 is 0 Å². The van der Waals surface area contributed by atoms with Gasteiger partial charge in [0.2, 0.25) is 0 Å². The van der Waals surface area contributed by atoms with Gasteiger partial charge in [0.05, 0.1) is 26.4 Å². The highest BCUT2D eigenvalue weighted by Gasteiger charge is 2.64. The summed E-state index contributed by atoms with van der Waals surface area (Å²) in [6, 6.07) is 16.3. The molecule has 46 heavy (non-hydrogen) atoms. The van der Waals surface area contributed by atoms with Crippen LogP contribution in [-0.4, -0.2) is 65.8 Å². The molecule has 0 spiro atoms. The third-order valence-corrected chi connectivity index (χ3v) is 11.0. The predicted molar refractivity (Wildman–Crippen MR) is 181 cm³/mol. The van der Waals surface area contributed by atoms with Crippen LogP contribution in [0.25, 0.3) is 0 Å². The number of aliphatic hydroxyl groups is 3. The Morgan fingerprint density at radius 1 is 0.739 bits per heavy atom. The lowest BCUT2D eigenvalue weighted by molar-refractivity contribution is -0.221. The van der Waals surface area contributed by atoms with Crippen molar-refractivity contribution < 1.29 is 34.3 Å². The molecule has 3 N–H and O–H groups in total. The lowest BCUT2D eigenvalue weighted by Crippen LogP contribution is -2.58. The first kappa shape index (κ1) is 37.0. The second kappa shape index (κ2) is 13.6. The molecule has 7 nitrogen and oxygen atoms in total. The van der Waals surface area contributed by atoms with Gasteiger partial charge in [-0.2, -0.15) is 0 Å². The molecule has 3 heterocycles. The summed E-state index contributed by atoms with van der Waals surface area (Å²) in [5.41, 5.74) is 0.173. The average molecular weight is 641 g/mol. The molecule has 258 valence electrons. The van der Waals surface area contributed by atoms with Crippen molar-refractivity contribution in [3.05, 3.63) is 70.8 Å². The summed E-state index contributed by atoms with van der Waals surface area (Å²) in [7, 11) is 0. The van der Waals surface area contributed by atoms with Gasteiger partial charge in [-0.3, -0.25) is 0 Å². The Hall–Kier alpha value is -1.84. The molecule has 2 aromatic rings. The summed E-state index contributed by atoms with van der Waals surface area (Å²) >= 11 is 0. The Morgan fingerprint density at radius 3 is 1.63 bits per heavy atom. The quantitative estimate of drug-likeness (QED) is 0.280. The van der Waals surface area contributed by atoms with Gasteiger partial charge in [0, 0.05) is 28.3 Å². The van der Waals surface area contributed by atoms with Gasteiger partial charge in [-0.1, -0.05) is 115 Å². The van der Waals surface area contributed by atoms with Crippen molar-refractivity contribution in [3.8, 4) is 0 Å². The van der Waals surface area contributed by atoms with Gasteiger partial charge in [-0.25, -0.2) is 0 Å². The third-order valence-electron chi connectivity index (χ3n) is 11.0. The van der Waals surface area contributed by atoms with Crippen molar-refractivity contribution in [3.63, 3.8) is 0 Å². The number of aliphatic hydroxyl groups excluding tert-OH is 1. The molecule has 0 amide bonds. The van der Waals surface area contributed by atoms with Crippen LogP contribution in [0.15, 0.2) is 48.5 Å². The second-order valence-corrected chi connectivity index (χ2v) is 16.5. The van der Waals surface area contributed by atoms with Crippen LogP contribution in [0, 0.1) is 35.5 Å². The predicted octanol–water partition coefficient (Wildman–Crippen LogP) is 7.24. The molecule has 0 aromatic heterocycles. The summed E-state index contributed by atoms with van der Waals surface area (Å²) in [6.07, 6.45) is 2.21. The maximum atomic E-state index is 12.0. The zero-order valence-electron chi connectivity index (χ0n) is 30.0. The fourth-order valence-electron chi connectivity index (χ4n) is 8.01. The van der Waals surface area contributed by atoms with Crippen LogP contribution in [0.4, 0.5) is 0 Å². The highest BCUT2D eigenvalue weighted by molar-refractivity contribution is 5.31. The van der Waals surface area contributed by atoms with E-state index in [1.807, 2.05) is 71.0 Å². The number of benzene rings is 2. The Balaban J connectivity index is 0.000000216. The van der Waals surface area contributed by atoms with Gasteiger partial charge in [0.15, 0.2) is 6.29 Å². The highest BCUT2D eigenvalue weighted by Crippen LogP contribution is 2.59. The third kappa shape index (κ3) is 6.71. The second-order valence-electron chi connectivity index (χ2n) is 16.5. The van der Waals surface area contributed by atoms with Crippen molar-refractivity contribution in [2.75, 3.05) is 33.0 Å². The van der Waals surface area contributed by atoms with Crippen LogP contribution >= 0.6 is 0 Å². The van der Waals surface area contributed by atoms with Gasteiger partial charge in [0.25, 0.3) is 0 Å². The van der Waals surface area contributed by atoms with Gasteiger partial charge >= 0.3 is 0 Å². The lowest BCUT2D eigenvalue weighted by Gasteiger charge is -2.50. The molecule has 3 saturated heterocycles. The SMILES string of the molecule is Cc1cccc(C2OCC(C)(C)C2(O)C(C)(C)CO)c1.Cc1cccc(C2OCC(C)(C)C2(O)C(C)(C)COC2CCCCO2)c1. The van der Waals surface area contributed by atoms with Crippen molar-refractivity contribution in [2.24, 2.45) is 21.7 Å². The number of rotatable bonds is 8. The number of hydrogen-bond donors (Lipinski definition) is 3. The van der Waals surface area contributed by atoms with Crippen LogP contribution in [-0.2, 0) is 18.9 Å². The van der Waals surface area contributed by atoms with Crippen molar-refractivity contribution in [2.45, 2.75) is 118 Å². The van der Waals surface area contributed by atoms with Crippen molar-refractivity contribution in [1.29, 1.82) is 0 Å². The standard InChI is InChI=1S/C22H34O4.C17H26O3/c1-16-9-8-10-17(13-16)19-22(23,21(4,5)15-26-19)20(2,3)14-25-18-11-6-7-12-24-18;1-12-7-6-8-13(9-12)14-17(19,15(2,3)10-18)16(4,5)11-20-14/h8-10,13,18-19,23H,6-7,11-12,14-15H2,1-5H3;6-9,14,18-19H,10-11H2,1-5H3. The average Bonchev–Trinajstić information content (AvgIpc) is 3.41. The Bertz CT molecular complexity index is 1310. The zero-order valence-corrected chi connectivity index (χ0v) is 30.0. The Kier molecular flexibility index (Phi) is 10.9. The topological polar surface area (TPSA) is 97.6 Å². The summed E-state index contributed by atoms with van der Waals surface area (Å²) in [5, 5.41) is 33.3. The highest BCUT2D eigenvalue weighted by atomic mass is 16.7. The Morgan fingerprint density at radius 2 is 1.22 bits per heavy atom. The van der Waals surface area contributed by atoms with Crippen molar-refractivity contribution in [1.82, 2.24) is 0 Å². The van der Waals surface area contributed by atoms with E-state index in [4.69, 9.17) is 18.9 Å². The summed E-state index contributed by atoms with van der Waals surface area (Å²) in [5.74, 6) is 0. The largest absolute Gasteiger partial charge is 0.396 e. The van der Waals surface area contributed by atoms with Crippen LogP contribution in [0.2, 0.25) is 0 Å². The molecule has 3 aliphatic heterocycles. The molecule has 5 atom stereocenters. The van der Waals surface area contributed by atoms with Gasteiger partial charge in [-0.15, -0.1) is 0 Å². The first-order chi connectivity index (χ1) is 21.3. The number of aryl methyl sites for hydroxylation is 2. The smallest absolute Gasteiger partial charge is 0.157 e. The number of ether oxygens (including phenoxy) is 4. The molecule has 5 rings (SSSR count). The molecule has 0 radical (unpaired) electrons.